The van der Waals surface area contributed by atoms with Crippen LogP contribution >= 0.6 is 31.9 Å². The highest BCUT2D eigenvalue weighted by Gasteiger charge is 2.09. The van der Waals surface area contributed by atoms with E-state index < -0.39 is 0 Å². The fourth-order valence-corrected chi connectivity index (χ4v) is 2.57. The highest BCUT2D eigenvalue weighted by Crippen LogP contribution is 2.26. The van der Waals surface area contributed by atoms with Crippen molar-refractivity contribution in [3.63, 3.8) is 0 Å². The fourth-order valence-electron chi connectivity index (χ4n) is 1.27. The molecule has 1 heterocycles. The van der Waals surface area contributed by atoms with E-state index in [-0.39, 0.29) is 0 Å². The van der Waals surface area contributed by atoms with E-state index in [1.165, 1.54) is 0 Å². The highest BCUT2D eigenvalue weighted by molar-refractivity contribution is 9.11. The molecule has 4 nitrogen and oxygen atoms in total. The molecule has 1 aromatic heterocycles. The largest absolute Gasteiger partial charge is 0.421 e. The van der Waals surface area contributed by atoms with E-state index in [1.807, 2.05) is 18.2 Å². The van der Waals surface area contributed by atoms with Crippen LogP contribution in [0, 0.1) is 0 Å². The van der Waals surface area contributed by atoms with Gasteiger partial charge in [0.15, 0.2) is 0 Å². The molecule has 0 atom stereocenters. The monoisotopic (exact) mass is 345 g/mol. The van der Waals surface area contributed by atoms with Gasteiger partial charge < -0.3 is 10.2 Å². The van der Waals surface area contributed by atoms with Gasteiger partial charge in [0, 0.05) is 27.5 Å². The summed E-state index contributed by atoms with van der Waals surface area (Å²) in [5.74, 6) is 1.07. The number of hydrogen-bond donors (Lipinski definition) is 1. The third-order valence-corrected chi connectivity index (χ3v) is 2.85. The molecular weight excluding hydrogens is 338 g/mol. The molecule has 0 saturated heterocycles. The van der Waals surface area contributed by atoms with Crippen molar-refractivity contribution < 1.29 is 4.42 Å². The first kappa shape index (κ1) is 11.8. The van der Waals surface area contributed by atoms with Crippen molar-refractivity contribution in [1.82, 2.24) is 10.2 Å². The molecule has 2 N–H and O–H groups in total. The number of aromatic nitrogens is 2. The Labute approximate surface area is 109 Å². The lowest BCUT2D eigenvalue weighted by molar-refractivity contribution is 0.507. The zero-order chi connectivity index (χ0) is 11.5. The second kappa shape index (κ2) is 5.07. The van der Waals surface area contributed by atoms with Gasteiger partial charge >= 0.3 is 0 Å². The Morgan fingerprint density at radius 2 is 1.81 bits per heavy atom. The van der Waals surface area contributed by atoms with Crippen LogP contribution in [0.25, 0.3) is 11.5 Å². The number of nitrogens with zero attached hydrogens (tertiary/aromatic N) is 2. The van der Waals surface area contributed by atoms with Crippen LogP contribution in [0.15, 0.2) is 31.6 Å². The predicted molar refractivity (Wildman–Crippen MR) is 67.9 cm³/mol. The third-order valence-electron chi connectivity index (χ3n) is 1.93. The van der Waals surface area contributed by atoms with Crippen molar-refractivity contribution in [2.24, 2.45) is 5.73 Å². The number of nitrogens with two attached hydrogens (primary N) is 1. The minimum Gasteiger partial charge on any atom is -0.421 e. The summed E-state index contributed by atoms with van der Waals surface area (Å²) in [5.41, 5.74) is 6.29. The molecule has 16 heavy (non-hydrogen) atoms. The molecule has 0 saturated carbocycles. The van der Waals surface area contributed by atoms with Crippen molar-refractivity contribution in [2.45, 2.75) is 6.42 Å². The van der Waals surface area contributed by atoms with E-state index in [4.69, 9.17) is 10.2 Å². The maximum absolute atomic E-state index is 5.48. The van der Waals surface area contributed by atoms with E-state index in [0.717, 1.165) is 14.5 Å². The summed E-state index contributed by atoms with van der Waals surface area (Å²) in [4.78, 5) is 0. The summed E-state index contributed by atoms with van der Waals surface area (Å²) in [7, 11) is 0. The molecule has 0 bridgehead atoms. The second-order valence-electron chi connectivity index (χ2n) is 3.20. The van der Waals surface area contributed by atoms with Gasteiger partial charge in [0.1, 0.15) is 0 Å². The molecule has 0 aliphatic carbocycles. The average molecular weight is 347 g/mol. The van der Waals surface area contributed by atoms with Gasteiger partial charge in [0.2, 0.25) is 11.8 Å². The predicted octanol–water partition coefficient (Wildman–Crippen LogP) is 2.76. The standard InChI is InChI=1S/C10H9Br2N3O/c11-7-3-6(4-8(12)5-7)10-15-14-9(16-10)1-2-13/h3-5H,1-2,13H2. The lowest BCUT2D eigenvalue weighted by atomic mass is 10.2. The van der Waals surface area contributed by atoms with Crippen molar-refractivity contribution in [2.75, 3.05) is 6.54 Å². The van der Waals surface area contributed by atoms with E-state index in [2.05, 4.69) is 42.1 Å². The average Bonchev–Trinajstić information content (AvgIpc) is 2.65. The van der Waals surface area contributed by atoms with Crippen molar-refractivity contribution >= 4 is 31.9 Å². The van der Waals surface area contributed by atoms with Crippen LogP contribution in [0.5, 0.6) is 0 Å². The molecule has 0 radical (unpaired) electrons. The molecule has 0 amide bonds. The van der Waals surface area contributed by atoms with Crippen LogP contribution in [0.1, 0.15) is 5.89 Å². The topological polar surface area (TPSA) is 64.9 Å². The molecule has 6 heteroatoms. The van der Waals surface area contributed by atoms with Gasteiger partial charge in [-0.05, 0) is 18.2 Å². The number of rotatable bonds is 3. The summed E-state index contributed by atoms with van der Waals surface area (Å²) >= 11 is 6.82. The van der Waals surface area contributed by atoms with Crippen molar-refractivity contribution in [1.29, 1.82) is 0 Å². The van der Waals surface area contributed by atoms with Crippen LogP contribution in [0.3, 0.4) is 0 Å². The Hall–Kier alpha value is -0.720. The summed E-state index contributed by atoms with van der Waals surface area (Å²) in [6.45, 7) is 0.504. The van der Waals surface area contributed by atoms with Crippen LogP contribution in [-0.2, 0) is 6.42 Å². The highest BCUT2D eigenvalue weighted by atomic mass is 79.9. The molecule has 2 rings (SSSR count). The maximum Gasteiger partial charge on any atom is 0.247 e. The van der Waals surface area contributed by atoms with E-state index in [9.17, 15) is 0 Å². The third kappa shape index (κ3) is 2.69. The molecule has 0 spiro atoms. The quantitative estimate of drug-likeness (QED) is 0.928. The van der Waals surface area contributed by atoms with Gasteiger partial charge in [-0.1, -0.05) is 31.9 Å². The summed E-state index contributed by atoms with van der Waals surface area (Å²) in [6, 6.07) is 5.79. The van der Waals surface area contributed by atoms with E-state index >= 15 is 0 Å². The first-order valence-corrected chi connectivity index (χ1v) is 6.26. The Balaban J connectivity index is 2.34. The normalized spacial score (nSPS) is 10.7. The number of benzene rings is 1. The van der Waals surface area contributed by atoms with Crippen LogP contribution in [-0.4, -0.2) is 16.7 Å². The molecule has 0 fully saturated rings. The minimum absolute atomic E-state index is 0.504. The molecule has 2 aromatic rings. The second-order valence-corrected chi connectivity index (χ2v) is 5.03. The lowest BCUT2D eigenvalue weighted by Crippen LogP contribution is -2.02. The van der Waals surface area contributed by atoms with Crippen LogP contribution in [0.4, 0.5) is 0 Å². The molecule has 0 aliphatic rings. The zero-order valence-corrected chi connectivity index (χ0v) is 11.5. The fraction of sp³-hybridized carbons (Fsp3) is 0.200. The van der Waals surface area contributed by atoms with Gasteiger partial charge in [-0.2, -0.15) is 0 Å². The van der Waals surface area contributed by atoms with Gasteiger partial charge in [-0.3, -0.25) is 0 Å². The van der Waals surface area contributed by atoms with Gasteiger partial charge in [-0.25, -0.2) is 0 Å². The first-order valence-electron chi connectivity index (χ1n) is 4.68. The first-order chi connectivity index (χ1) is 7.69. The lowest BCUT2D eigenvalue weighted by Gasteiger charge is -1.97. The maximum atomic E-state index is 5.48. The Morgan fingerprint density at radius 3 is 2.44 bits per heavy atom. The number of halogens is 2. The smallest absolute Gasteiger partial charge is 0.247 e. The molecule has 0 aliphatic heterocycles. The molecule has 84 valence electrons. The van der Waals surface area contributed by atoms with Crippen molar-refractivity contribution in [3.8, 4) is 11.5 Å². The minimum atomic E-state index is 0.504. The molecule has 1 aromatic carbocycles. The van der Waals surface area contributed by atoms with Gasteiger partial charge in [0.05, 0.1) is 0 Å². The van der Waals surface area contributed by atoms with Crippen LogP contribution in [0.2, 0.25) is 0 Å². The van der Waals surface area contributed by atoms with Gasteiger partial charge in [0.25, 0.3) is 0 Å². The van der Waals surface area contributed by atoms with Crippen LogP contribution < -0.4 is 5.73 Å². The summed E-state index contributed by atoms with van der Waals surface area (Å²) in [5, 5.41) is 7.89. The zero-order valence-electron chi connectivity index (χ0n) is 8.28. The Morgan fingerprint density at radius 1 is 1.12 bits per heavy atom. The summed E-state index contributed by atoms with van der Waals surface area (Å²) < 4.78 is 7.38. The molecule has 0 unspecified atom stereocenters. The number of hydrogen-bond acceptors (Lipinski definition) is 4. The summed E-state index contributed by atoms with van der Waals surface area (Å²) in [6.07, 6.45) is 0.599. The molecular formula is C10H9Br2N3O. The Bertz CT molecular complexity index is 478. The SMILES string of the molecule is NCCc1nnc(-c2cc(Br)cc(Br)c2)o1. The van der Waals surface area contributed by atoms with E-state index in [0.29, 0.717) is 24.7 Å². The van der Waals surface area contributed by atoms with Gasteiger partial charge in [-0.15, -0.1) is 10.2 Å². The van der Waals surface area contributed by atoms with Crippen molar-refractivity contribution in [3.05, 3.63) is 33.0 Å². The Kier molecular flexibility index (Phi) is 3.73. The van der Waals surface area contributed by atoms with E-state index in [1.54, 1.807) is 0 Å².